The van der Waals surface area contributed by atoms with Crippen molar-refractivity contribution in [2.45, 2.75) is 46.6 Å². The third kappa shape index (κ3) is 3.81. The Balaban J connectivity index is 2.87. The molecule has 6 nitrogen and oxygen atoms in total. The van der Waals surface area contributed by atoms with Crippen LogP contribution in [0.2, 0.25) is 0 Å². The SMILES string of the molecule is CCc1noc(C)c1C(=O)N[C@H](CC(C)C)C(=O)O. The zero-order chi connectivity index (χ0) is 14.6. The fourth-order valence-electron chi connectivity index (χ4n) is 1.87. The third-order valence-electron chi connectivity index (χ3n) is 2.81. The Kier molecular flexibility index (Phi) is 5.09. The molecule has 6 heteroatoms. The molecule has 1 amide bonds. The molecule has 1 aromatic rings. The minimum Gasteiger partial charge on any atom is -0.480 e. The van der Waals surface area contributed by atoms with E-state index >= 15 is 0 Å². The van der Waals surface area contributed by atoms with Crippen LogP contribution in [0.15, 0.2) is 4.52 Å². The second-order valence-corrected chi connectivity index (χ2v) is 4.91. The van der Waals surface area contributed by atoms with E-state index in [2.05, 4.69) is 10.5 Å². The first-order valence-electron chi connectivity index (χ1n) is 6.35. The van der Waals surface area contributed by atoms with Crippen LogP contribution in [-0.2, 0) is 11.2 Å². The van der Waals surface area contributed by atoms with Crippen molar-refractivity contribution in [1.82, 2.24) is 10.5 Å². The van der Waals surface area contributed by atoms with Gasteiger partial charge in [0.15, 0.2) is 0 Å². The molecule has 0 aromatic carbocycles. The average Bonchev–Trinajstić information content (AvgIpc) is 2.68. The van der Waals surface area contributed by atoms with Gasteiger partial charge < -0.3 is 14.9 Å². The fraction of sp³-hybridized carbons (Fsp3) is 0.615. The molecule has 19 heavy (non-hydrogen) atoms. The van der Waals surface area contributed by atoms with Crippen LogP contribution in [-0.4, -0.2) is 28.2 Å². The third-order valence-corrected chi connectivity index (χ3v) is 2.81. The molecule has 0 saturated carbocycles. The Morgan fingerprint density at radius 1 is 1.42 bits per heavy atom. The second-order valence-electron chi connectivity index (χ2n) is 4.91. The van der Waals surface area contributed by atoms with Crippen molar-refractivity contribution in [3.05, 3.63) is 17.0 Å². The molecular formula is C13H20N2O4. The number of aromatic nitrogens is 1. The van der Waals surface area contributed by atoms with Crippen molar-refractivity contribution >= 4 is 11.9 Å². The Labute approximate surface area is 112 Å². The van der Waals surface area contributed by atoms with Crippen molar-refractivity contribution in [2.24, 2.45) is 5.92 Å². The number of aliphatic carboxylic acids is 1. The highest BCUT2D eigenvalue weighted by atomic mass is 16.5. The van der Waals surface area contributed by atoms with Crippen LogP contribution in [0.5, 0.6) is 0 Å². The topological polar surface area (TPSA) is 92.4 Å². The molecule has 0 bridgehead atoms. The van der Waals surface area contributed by atoms with Gasteiger partial charge >= 0.3 is 5.97 Å². The largest absolute Gasteiger partial charge is 0.480 e. The Morgan fingerprint density at radius 2 is 2.05 bits per heavy atom. The van der Waals surface area contributed by atoms with E-state index in [0.29, 0.717) is 29.9 Å². The fourth-order valence-corrected chi connectivity index (χ4v) is 1.87. The Morgan fingerprint density at radius 3 is 2.53 bits per heavy atom. The molecule has 0 saturated heterocycles. The van der Waals surface area contributed by atoms with Gasteiger partial charge in [-0.15, -0.1) is 0 Å². The zero-order valence-corrected chi connectivity index (χ0v) is 11.7. The number of carbonyl (C=O) groups is 2. The van der Waals surface area contributed by atoms with Crippen LogP contribution >= 0.6 is 0 Å². The molecule has 1 rings (SSSR count). The van der Waals surface area contributed by atoms with Gasteiger partial charge in [0, 0.05) is 0 Å². The zero-order valence-electron chi connectivity index (χ0n) is 11.7. The summed E-state index contributed by atoms with van der Waals surface area (Å²) in [5, 5.41) is 15.4. The molecule has 1 aromatic heterocycles. The van der Waals surface area contributed by atoms with Gasteiger partial charge in [0.2, 0.25) is 0 Å². The van der Waals surface area contributed by atoms with Crippen LogP contribution < -0.4 is 5.32 Å². The summed E-state index contributed by atoms with van der Waals surface area (Å²) in [5.74, 6) is -0.892. The van der Waals surface area contributed by atoms with E-state index in [1.807, 2.05) is 20.8 Å². The number of hydrogen-bond acceptors (Lipinski definition) is 4. The minimum absolute atomic E-state index is 0.176. The lowest BCUT2D eigenvalue weighted by Crippen LogP contribution is -2.42. The summed E-state index contributed by atoms with van der Waals surface area (Å²) in [4.78, 5) is 23.3. The van der Waals surface area contributed by atoms with Gasteiger partial charge in [0.05, 0.1) is 5.69 Å². The lowest BCUT2D eigenvalue weighted by Gasteiger charge is -2.16. The van der Waals surface area contributed by atoms with Crippen LogP contribution in [0, 0.1) is 12.8 Å². The first-order valence-corrected chi connectivity index (χ1v) is 6.35. The van der Waals surface area contributed by atoms with Crippen LogP contribution in [0.3, 0.4) is 0 Å². The highest BCUT2D eigenvalue weighted by Gasteiger charge is 2.25. The van der Waals surface area contributed by atoms with Crippen LogP contribution in [0.1, 0.15) is 49.0 Å². The average molecular weight is 268 g/mol. The van der Waals surface area contributed by atoms with Gasteiger partial charge in [0.25, 0.3) is 5.91 Å². The minimum atomic E-state index is -1.03. The summed E-state index contributed by atoms with van der Waals surface area (Å²) in [7, 11) is 0. The number of carbonyl (C=O) groups excluding carboxylic acids is 1. The van der Waals surface area contributed by atoms with Gasteiger partial charge in [-0.25, -0.2) is 4.79 Å². The molecule has 1 heterocycles. The molecule has 0 fully saturated rings. The predicted molar refractivity (Wildman–Crippen MR) is 69.0 cm³/mol. The monoisotopic (exact) mass is 268 g/mol. The number of hydrogen-bond donors (Lipinski definition) is 2. The molecule has 0 spiro atoms. The summed E-state index contributed by atoms with van der Waals surface area (Å²) in [6.07, 6.45) is 0.939. The number of rotatable bonds is 6. The summed E-state index contributed by atoms with van der Waals surface area (Å²) < 4.78 is 4.97. The summed E-state index contributed by atoms with van der Waals surface area (Å²) >= 11 is 0. The summed E-state index contributed by atoms with van der Waals surface area (Å²) in [6.45, 7) is 7.31. The number of nitrogens with one attached hydrogen (secondary N) is 1. The maximum atomic E-state index is 12.1. The second kappa shape index (κ2) is 6.36. The van der Waals surface area contributed by atoms with E-state index < -0.39 is 17.9 Å². The highest BCUT2D eigenvalue weighted by Crippen LogP contribution is 2.15. The summed E-state index contributed by atoms with van der Waals surface area (Å²) in [5.41, 5.74) is 0.890. The van der Waals surface area contributed by atoms with Crippen molar-refractivity contribution in [3.63, 3.8) is 0 Å². The van der Waals surface area contributed by atoms with Crippen molar-refractivity contribution in [3.8, 4) is 0 Å². The maximum absolute atomic E-state index is 12.1. The number of carboxylic acids is 1. The lowest BCUT2D eigenvalue weighted by atomic mass is 10.0. The van der Waals surface area contributed by atoms with Gasteiger partial charge in [-0.3, -0.25) is 4.79 Å². The molecular weight excluding hydrogens is 248 g/mol. The van der Waals surface area contributed by atoms with Gasteiger partial charge in [-0.2, -0.15) is 0 Å². The van der Waals surface area contributed by atoms with Crippen LogP contribution in [0.25, 0.3) is 0 Å². The molecule has 2 N–H and O–H groups in total. The lowest BCUT2D eigenvalue weighted by molar-refractivity contribution is -0.139. The Hall–Kier alpha value is -1.85. The quantitative estimate of drug-likeness (QED) is 0.820. The molecule has 0 radical (unpaired) electrons. The normalized spacial score (nSPS) is 12.5. The highest BCUT2D eigenvalue weighted by molar-refractivity contribution is 5.98. The van der Waals surface area contributed by atoms with E-state index in [-0.39, 0.29) is 5.92 Å². The summed E-state index contributed by atoms with van der Waals surface area (Å²) in [6, 6.07) is -0.897. The number of amides is 1. The molecule has 0 aliphatic rings. The molecule has 106 valence electrons. The van der Waals surface area contributed by atoms with Gasteiger partial charge in [-0.1, -0.05) is 25.9 Å². The van der Waals surface area contributed by atoms with E-state index in [0.717, 1.165) is 0 Å². The number of carboxylic acid groups (broad SMARTS) is 1. The molecule has 0 unspecified atom stereocenters. The van der Waals surface area contributed by atoms with Crippen LogP contribution in [0.4, 0.5) is 0 Å². The molecule has 1 atom stereocenters. The Bertz CT molecular complexity index is 465. The first-order chi connectivity index (χ1) is 8.86. The molecule has 0 aliphatic carbocycles. The smallest absolute Gasteiger partial charge is 0.326 e. The van der Waals surface area contributed by atoms with E-state index in [1.165, 1.54) is 0 Å². The van der Waals surface area contributed by atoms with E-state index in [9.17, 15) is 9.59 Å². The van der Waals surface area contributed by atoms with Gasteiger partial charge in [-0.05, 0) is 25.7 Å². The standard InChI is InChI=1S/C13H20N2O4/c1-5-9-11(8(4)19-15-9)12(16)14-10(13(17)18)6-7(2)3/h7,10H,5-6H2,1-4H3,(H,14,16)(H,17,18)/t10-/m1/s1. The number of nitrogens with zero attached hydrogens (tertiary/aromatic N) is 1. The van der Waals surface area contributed by atoms with E-state index in [1.54, 1.807) is 6.92 Å². The first kappa shape index (κ1) is 15.2. The van der Waals surface area contributed by atoms with Crippen molar-refractivity contribution in [2.75, 3.05) is 0 Å². The van der Waals surface area contributed by atoms with Crippen molar-refractivity contribution in [1.29, 1.82) is 0 Å². The maximum Gasteiger partial charge on any atom is 0.326 e. The number of aryl methyl sites for hydroxylation is 2. The molecule has 0 aliphatic heterocycles. The predicted octanol–water partition coefficient (Wildman–Crippen LogP) is 1.77. The van der Waals surface area contributed by atoms with E-state index in [4.69, 9.17) is 9.63 Å². The van der Waals surface area contributed by atoms with Crippen molar-refractivity contribution < 1.29 is 19.2 Å². The van der Waals surface area contributed by atoms with Gasteiger partial charge in [0.1, 0.15) is 17.4 Å².